The van der Waals surface area contributed by atoms with Crippen molar-refractivity contribution in [2.75, 3.05) is 11.9 Å². The lowest BCUT2D eigenvalue weighted by Gasteiger charge is -2.06. The third-order valence-electron chi connectivity index (χ3n) is 2.60. The summed E-state index contributed by atoms with van der Waals surface area (Å²) in [5.74, 6) is 0.847. The monoisotopic (exact) mass is 274 g/mol. The van der Waals surface area contributed by atoms with Crippen LogP contribution in [0.25, 0.3) is 5.65 Å². The molecule has 0 aliphatic rings. The molecule has 19 heavy (non-hydrogen) atoms. The van der Waals surface area contributed by atoms with E-state index in [0.717, 1.165) is 27.9 Å². The predicted molar refractivity (Wildman–Crippen MR) is 74.5 cm³/mol. The van der Waals surface area contributed by atoms with Gasteiger partial charge < -0.3 is 9.72 Å². The number of nitrogens with zero attached hydrogens (tertiary/aromatic N) is 5. The highest BCUT2D eigenvalue weighted by Crippen LogP contribution is 2.29. The van der Waals surface area contributed by atoms with E-state index in [4.69, 9.17) is 0 Å². The first-order valence-corrected chi connectivity index (χ1v) is 6.82. The van der Waals surface area contributed by atoms with Crippen LogP contribution in [-0.2, 0) is 7.05 Å². The molecule has 0 radical (unpaired) electrons. The van der Waals surface area contributed by atoms with Crippen molar-refractivity contribution in [2.45, 2.75) is 16.8 Å². The molecule has 0 saturated heterocycles. The van der Waals surface area contributed by atoms with Crippen LogP contribution in [0.4, 0.5) is 5.82 Å². The average molecular weight is 274 g/mol. The summed E-state index contributed by atoms with van der Waals surface area (Å²) < 4.78 is 3.75. The lowest BCUT2D eigenvalue weighted by Crippen LogP contribution is -2.02. The molecule has 0 aliphatic heterocycles. The molecule has 0 saturated carbocycles. The molecular formula is C12H14N6S. The minimum Gasteiger partial charge on any atom is -0.369 e. The van der Waals surface area contributed by atoms with Gasteiger partial charge in [0.05, 0.1) is 17.3 Å². The van der Waals surface area contributed by atoms with Crippen molar-refractivity contribution < 1.29 is 0 Å². The molecule has 0 aliphatic carbocycles. The van der Waals surface area contributed by atoms with Gasteiger partial charge in [0.25, 0.3) is 0 Å². The van der Waals surface area contributed by atoms with Crippen LogP contribution in [0.5, 0.6) is 0 Å². The van der Waals surface area contributed by atoms with Crippen molar-refractivity contribution >= 4 is 23.2 Å². The zero-order valence-electron chi connectivity index (χ0n) is 10.7. The third-order valence-corrected chi connectivity index (χ3v) is 3.51. The molecule has 0 aromatic carbocycles. The van der Waals surface area contributed by atoms with Gasteiger partial charge in [0.1, 0.15) is 10.8 Å². The van der Waals surface area contributed by atoms with E-state index in [0.29, 0.717) is 0 Å². The van der Waals surface area contributed by atoms with Crippen LogP contribution in [0, 0.1) is 0 Å². The first kappa shape index (κ1) is 12.0. The quantitative estimate of drug-likeness (QED) is 0.789. The Morgan fingerprint density at radius 1 is 1.37 bits per heavy atom. The summed E-state index contributed by atoms with van der Waals surface area (Å²) in [7, 11) is 1.90. The summed E-state index contributed by atoms with van der Waals surface area (Å²) in [5.41, 5.74) is 0.857. The van der Waals surface area contributed by atoms with Crippen LogP contribution in [0.15, 0.2) is 40.9 Å². The molecule has 6 nitrogen and oxygen atoms in total. The van der Waals surface area contributed by atoms with E-state index in [9.17, 15) is 0 Å². The topological polar surface area (TPSA) is 60.0 Å². The Bertz CT molecular complexity index is 701. The van der Waals surface area contributed by atoms with Crippen LogP contribution in [0.2, 0.25) is 0 Å². The van der Waals surface area contributed by atoms with Crippen molar-refractivity contribution in [3.8, 4) is 0 Å². The SMILES string of the molecule is CCNc1cn2ccnc2c(Sc2cnn(C)c2)n1. The zero-order chi connectivity index (χ0) is 13.2. The molecule has 7 heteroatoms. The number of anilines is 1. The Kier molecular flexibility index (Phi) is 3.12. The van der Waals surface area contributed by atoms with Gasteiger partial charge in [-0.05, 0) is 6.92 Å². The van der Waals surface area contributed by atoms with Gasteiger partial charge in [0.15, 0.2) is 5.65 Å². The number of hydrogen-bond acceptors (Lipinski definition) is 5. The second-order valence-electron chi connectivity index (χ2n) is 4.07. The van der Waals surface area contributed by atoms with E-state index in [2.05, 4.69) is 20.4 Å². The third kappa shape index (κ3) is 2.41. The van der Waals surface area contributed by atoms with Crippen molar-refractivity contribution in [1.29, 1.82) is 0 Å². The molecule has 1 N–H and O–H groups in total. The number of rotatable bonds is 4. The van der Waals surface area contributed by atoms with Gasteiger partial charge >= 0.3 is 0 Å². The van der Waals surface area contributed by atoms with Crippen LogP contribution >= 0.6 is 11.8 Å². The number of imidazole rings is 1. The minimum absolute atomic E-state index is 0.838. The summed E-state index contributed by atoms with van der Waals surface area (Å²) >= 11 is 1.56. The highest BCUT2D eigenvalue weighted by Gasteiger charge is 2.10. The lowest BCUT2D eigenvalue weighted by atomic mass is 10.6. The Morgan fingerprint density at radius 3 is 3.00 bits per heavy atom. The smallest absolute Gasteiger partial charge is 0.170 e. The van der Waals surface area contributed by atoms with Gasteiger partial charge in [0.2, 0.25) is 0 Å². The number of nitrogens with one attached hydrogen (secondary N) is 1. The van der Waals surface area contributed by atoms with Crippen LogP contribution < -0.4 is 5.32 Å². The molecular weight excluding hydrogens is 260 g/mol. The van der Waals surface area contributed by atoms with Crippen molar-refractivity contribution in [2.24, 2.45) is 7.05 Å². The second-order valence-corrected chi connectivity index (χ2v) is 5.13. The van der Waals surface area contributed by atoms with Gasteiger partial charge in [-0.25, -0.2) is 9.97 Å². The fourth-order valence-corrected chi connectivity index (χ4v) is 2.72. The molecule has 3 aromatic rings. The van der Waals surface area contributed by atoms with Gasteiger partial charge in [-0.2, -0.15) is 5.10 Å². The lowest BCUT2D eigenvalue weighted by molar-refractivity contribution is 0.766. The fraction of sp³-hybridized carbons (Fsp3) is 0.250. The zero-order valence-corrected chi connectivity index (χ0v) is 11.6. The summed E-state index contributed by atoms with van der Waals surface area (Å²) in [5, 5.41) is 8.26. The summed E-state index contributed by atoms with van der Waals surface area (Å²) in [6.07, 6.45) is 9.43. The molecule has 0 bridgehead atoms. The van der Waals surface area contributed by atoms with Gasteiger partial charge in [-0.3, -0.25) is 4.68 Å². The number of aromatic nitrogens is 5. The summed E-state index contributed by atoms with van der Waals surface area (Å²) in [6, 6.07) is 0. The molecule has 0 fully saturated rings. The first-order chi connectivity index (χ1) is 9.26. The maximum absolute atomic E-state index is 4.60. The maximum Gasteiger partial charge on any atom is 0.170 e. The molecule has 0 spiro atoms. The Labute approximate surface area is 114 Å². The largest absolute Gasteiger partial charge is 0.369 e. The first-order valence-electron chi connectivity index (χ1n) is 6.00. The summed E-state index contributed by atoms with van der Waals surface area (Å²) in [4.78, 5) is 10.00. The summed E-state index contributed by atoms with van der Waals surface area (Å²) in [6.45, 7) is 2.89. The van der Waals surface area contributed by atoms with Gasteiger partial charge in [-0.1, -0.05) is 11.8 Å². The molecule has 3 rings (SSSR count). The maximum atomic E-state index is 4.60. The molecule has 98 valence electrons. The highest BCUT2D eigenvalue weighted by atomic mass is 32.2. The van der Waals surface area contributed by atoms with Gasteiger partial charge in [0, 0.05) is 32.2 Å². The van der Waals surface area contributed by atoms with Crippen LogP contribution in [0.3, 0.4) is 0 Å². The predicted octanol–water partition coefficient (Wildman–Crippen LogP) is 2.05. The average Bonchev–Trinajstić information content (AvgIpc) is 2.99. The highest BCUT2D eigenvalue weighted by molar-refractivity contribution is 7.99. The normalized spacial score (nSPS) is 11.1. The minimum atomic E-state index is 0.838. The Hall–Kier alpha value is -2.02. The standard InChI is InChI=1S/C12H14N6S/c1-3-13-10-8-18-5-4-14-11(18)12(16-10)19-9-6-15-17(2)7-9/h4-8,13H,3H2,1-2H3. The number of aryl methyl sites for hydroxylation is 1. The fourth-order valence-electron chi connectivity index (χ4n) is 1.80. The van der Waals surface area contributed by atoms with Crippen molar-refractivity contribution in [1.82, 2.24) is 24.1 Å². The Morgan fingerprint density at radius 2 is 2.26 bits per heavy atom. The molecule has 0 atom stereocenters. The van der Waals surface area contributed by atoms with E-state index >= 15 is 0 Å². The second kappa shape index (κ2) is 4.93. The van der Waals surface area contributed by atoms with E-state index in [-0.39, 0.29) is 0 Å². The molecule has 3 aromatic heterocycles. The van der Waals surface area contributed by atoms with Crippen molar-refractivity contribution in [3.05, 3.63) is 31.0 Å². The molecule has 0 unspecified atom stereocenters. The molecule has 3 heterocycles. The number of hydrogen-bond donors (Lipinski definition) is 1. The van der Waals surface area contributed by atoms with Crippen molar-refractivity contribution in [3.63, 3.8) is 0 Å². The van der Waals surface area contributed by atoms with Gasteiger partial charge in [-0.15, -0.1) is 0 Å². The van der Waals surface area contributed by atoms with Crippen LogP contribution in [0.1, 0.15) is 6.92 Å². The Balaban J connectivity index is 2.02. The van der Waals surface area contributed by atoms with Crippen LogP contribution in [-0.4, -0.2) is 30.7 Å². The van der Waals surface area contributed by atoms with E-state index in [1.807, 2.05) is 43.2 Å². The van der Waals surface area contributed by atoms with E-state index < -0.39 is 0 Å². The molecule has 0 amide bonds. The number of fused-ring (bicyclic) bond motifs is 1. The van der Waals surface area contributed by atoms with E-state index in [1.54, 1.807) is 22.6 Å². The van der Waals surface area contributed by atoms with E-state index in [1.165, 1.54) is 0 Å².